The zero-order valence-corrected chi connectivity index (χ0v) is 22.3. The van der Waals surface area contributed by atoms with Gasteiger partial charge in [-0.2, -0.15) is 0 Å². The van der Waals surface area contributed by atoms with Crippen molar-refractivity contribution in [3.63, 3.8) is 0 Å². The summed E-state index contributed by atoms with van der Waals surface area (Å²) in [5, 5.41) is 11.4. The molecule has 1 fully saturated rings. The molecule has 0 spiro atoms. The number of anilines is 1. The van der Waals surface area contributed by atoms with Crippen LogP contribution in [0.1, 0.15) is 35.1 Å². The number of aromatic nitrogens is 4. The van der Waals surface area contributed by atoms with Gasteiger partial charge in [0.1, 0.15) is 5.69 Å². The third-order valence-electron chi connectivity index (χ3n) is 6.27. The molecule has 4 heterocycles. The van der Waals surface area contributed by atoms with Gasteiger partial charge >= 0.3 is 0 Å². The molecule has 1 amide bonds. The van der Waals surface area contributed by atoms with E-state index in [0.29, 0.717) is 20.7 Å². The summed E-state index contributed by atoms with van der Waals surface area (Å²) >= 11 is 7.16. The lowest BCUT2D eigenvalue weighted by atomic mass is 10.0. The molecule has 0 atom stereocenters. The number of rotatable bonds is 7. The molecular weight excluding hydrogens is 524 g/mol. The van der Waals surface area contributed by atoms with Crippen LogP contribution < -0.4 is 21.5 Å². The Labute approximate surface area is 228 Å². The number of nitrogens with two attached hydrogens (primary N) is 1. The van der Waals surface area contributed by atoms with E-state index >= 15 is 0 Å². The van der Waals surface area contributed by atoms with Gasteiger partial charge in [0, 0.05) is 25.4 Å². The number of benzene rings is 1. The summed E-state index contributed by atoms with van der Waals surface area (Å²) in [7, 11) is 0. The average Bonchev–Trinajstić information content (AvgIpc) is 3.57. The SMILES string of the molecule is CC(N)=NC1CCN(c2cc(-n3ccccc3=O)ccc2-n2cc(CNC(=O)c3ccc(Cl)s3)nn2)CC1. The first kappa shape index (κ1) is 25.7. The second-order valence-corrected chi connectivity index (χ2v) is 10.7. The van der Waals surface area contributed by atoms with Crippen LogP contribution in [0.15, 0.2) is 70.7 Å². The molecule has 0 unspecified atom stereocenters. The number of thiophene rings is 1. The van der Waals surface area contributed by atoms with Gasteiger partial charge in [-0.1, -0.05) is 22.9 Å². The minimum Gasteiger partial charge on any atom is -0.388 e. The molecular formula is C26H27ClN8O2S. The molecule has 1 aromatic carbocycles. The predicted octanol–water partition coefficient (Wildman–Crippen LogP) is 3.41. The molecule has 0 saturated carbocycles. The highest BCUT2D eigenvalue weighted by Crippen LogP contribution is 2.30. The molecule has 1 aliphatic heterocycles. The van der Waals surface area contributed by atoms with Crippen molar-refractivity contribution >= 4 is 40.4 Å². The van der Waals surface area contributed by atoms with Crippen LogP contribution in [0.4, 0.5) is 5.69 Å². The van der Waals surface area contributed by atoms with Gasteiger partial charge in [0.05, 0.1) is 50.9 Å². The van der Waals surface area contributed by atoms with Gasteiger partial charge in [-0.15, -0.1) is 16.4 Å². The number of nitrogens with zero attached hydrogens (tertiary/aromatic N) is 6. The normalized spacial score (nSPS) is 14.6. The largest absolute Gasteiger partial charge is 0.388 e. The third kappa shape index (κ3) is 5.79. The lowest BCUT2D eigenvalue weighted by molar-refractivity contribution is 0.0954. The molecule has 0 aliphatic carbocycles. The Morgan fingerprint density at radius 2 is 2.00 bits per heavy atom. The van der Waals surface area contributed by atoms with Crippen molar-refractivity contribution in [1.82, 2.24) is 24.9 Å². The van der Waals surface area contributed by atoms with Crippen LogP contribution in [0, 0.1) is 0 Å². The molecule has 1 saturated heterocycles. The Morgan fingerprint density at radius 3 is 2.71 bits per heavy atom. The third-order valence-corrected chi connectivity index (χ3v) is 7.50. The second-order valence-electron chi connectivity index (χ2n) is 9.01. The monoisotopic (exact) mass is 550 g/mol. The van der Waals surface area contributed by atoms with Crippen LogP contribution in [-0.4, -0.2) is 50.4 Å². The molecule has 38 heavy (non-hydrogen) atoms. The Kier molecular flexibility index (Phi) is 7.57. The van der Waals surface area contributed by atoms with Crippen LogP contribution in [0.5, 0.6) is 0 Å². The predicted molar refractivity (Wildman–Crippen MR) is 150 cm³/mol. The van der Waals surface area contributed by atoms with Gasteiger partial charge < -0.3 is 16.0 Å². The number of halogens is 1. The number of pyridine rings is 1. The molecule has 3 N–H and O–H groups in total. The van der Waals surface area contributed by atoms with Gasteiger partial charge in [-0.05, 0) is 56.2 Å². The van der Waals surface area contributed by atoms with Crippen molar-refractivity contribution in [1.29, 1.82) is 0 Å². The molecule has 1 aliphatic rings. The average molecular weight is 551 g/mol. The van der Waals surface area contributed by atoms with E-state index in [2.05, 4.69) is 25.5 Å². The molecule has 4 aromatic rings. The van der Waals surface area contributed by atoms with Crippen molar-refractivity contribution in [2.75, 3.05) is 18.0 Å². The number of piperidine rings is 1. The Morgan fingerprint density at radius 1 is 1.18 bits per heavy atom. The highest BCUT2D eigenvalue weighted by molar-refractivity contribution is 7.18. The zero-order valence-electron chi connectivity index (χ0n) is 20.7. The Hall–Kier alpha value is -3.96. The number of amides is 1. The van der Waals surface area contributed by atoms with Gasteiger partial charge in [0.2, 0.25) is 0 Å². The summed E-state index contributed by atoms with van der Waals surface area (Å²) in [6.07, 6.45) is 5.28. The fourth-order valence-electron chi connectivity index (χ4n) is 4.46. The number of nitrogens with one attached hydrogen (secondary N) is 1. The fraction of sp³-hybridized carbons (Fsp3) is 0.269. The van der Waals surface area contributed by atoms with E-state index in [1.165, 1.54) is 17.4 Å². The number of amidine groups is 1. The molecule has 0 bridgehead atoms. The maximum absolute atomic E-state index is 12.5. The van der Waals surface area contributed by atoms with Crippen molar-refractivity contribution < 1.29 is 4.79 Å². The number of carbonyl (C=O) groups is 1. The summed E-state index contributed by atoms with van der Waals surface area (Å²) < 4.78 is 3.87. The lowest BCUT2D eigenvalue weighted by Gasteiger charge is -2.33. The molecule has 10 nitrogen and oxygen atoms in total. The lowest BCUT2D eigenvalue weighted by Crippen LogP contribution is -2.36. The van der Waals surface area contributed by atoms with Crippen molar-refractivity contribution in [3.8, 4) is 11.4 Å². The van der Waals surface area contributed by atoms with Crippen LogP contribution in [0.2, 0.25) is 4.34 Å². The fourth-order valence-corrected chi connectivity index (χ4v) is 5.42. The first-order valence-electron chi connectivity index (χ1n) is 12.2. The molecule has 3 aromatic heterocycles. The van der Waals surface area contributed by atoms with Gasteiger partial charge in [0.25, 0.3) is 11.5 Å². The van der Waals surface area contributed by atoms with E-state index in [0.717, 1.165) is 43.0 Å². The van der Waals surface area contributed by atoms with E-state index in [9.17, 15) is 9.59 Å². The first-order chi connectivity index (χ1) is 18.4. The minimum absolute atomic E-state index is 0.108. The summed E-state index contributed by atoms with van der Waals surface area (Å²) in [6, 6.07) is 14.5. The maximum Gasteiger partial charge on any atom is 0.261 e. The second kappa shape index (κ2) is 11.2. The maximum atomic E-state index is 12.5. The van der Waals surface area contributed by atoms with E-state index in [4.69, 9.17) is 17.3 Å². The Balaban J connectivity index is 1.41. The van der Waals surface area contributed by atoms with Crippen LogP contribution in [0.3, 0.4) is 0 Å². The summed E-state index contributed by atoms with van der Waals surface area (Å²) in [5.41, 5.74) is 8.82. The first-order valence-corrected chi connectivity index (χ1v) is 13.4. The molecule has 196 valence electrons. The topological polar surface area (TPSA) is 123 Å². The minimum atomic E-state index is -0.215. The van der Waals surface area contributed by atoms with E-state index < -0.39 is 0 Å². The van der Waals surface area contributed by atoms with Crippen molar-refractivity contribution in [3.05, 3.63) is 86.2 Å². The number of hydrogen-bond donors (Lipinski definition) is 2. The van der Waals surface area contributed by atoms with Crippen LogP contribution >= 0.6 is 22.9 Å². The summed E-state index contributed by atoms with van der Waals surface area (Å²) in [5.74, 6) is 0.382. The van der Waals surface area contributed by atoms with Crippen molar-refractivity contribution in [2.24, 2.45) is 10.7 Å². The highest BCUT2D eigenvalue weighted by atomic mass is 35.5. The smallest absolute Gasteiger partial charge is 0.261 e. The molecule has 0 radical (unpaired) electrons. The molecule has 5 rings (SSSR count). The van der Waals surface area contributed by atoms with Gasteiger partial charge in [-0.3, -0.25) is 19.1 Å². The van der Waals surface area contributed by atoms with Gasteiger partial charge in [0.15, 0.2) is 0 Å². The van der Waals surface area contributed by atoms with Crippen LogP contribution in [0.25, 0.3) is 11.4 Å². The van der Waals surface area contributed by atoms with Gasteiger partial charge in [-0.25, -0.2) is 4.68 Å². The number of carbonyl (C=O) groups excluding carboxylic acids is 1. The van der Waals surface area contributed by atoms with E-state index in [1.807, 2.05) is 31.2 Å². The quantitative estimate of drug-likeness (QED) is 0.268. The summed E-state index contributed by atoms with van der Waals surface area (Å²) in [4.78, 5) is 32.2. The molecule has 12 heteroatoms. The van der Waals surface area contributed by atoms with E-state index in [1.54, 1.807) is 39.8 Å². The van der Waals surface area contributed by atoms with Crippen LogP contribution in [-0.2, 0) is 6.54 Å². The summed E-state index contributed by atoms with van der Waals surface area (Å²) in [6.45, 7) is 3.60. The zero-order chi connectivity index (χ0) is 26.6. The van der Waals surface area contributed by atoms with E-state index in [-0.39, 0.29) is 24.1 Å². The number of hydrogen-bond acceptors (Lipinski definition) is 7. The number of aliphatic imine (C=N–C) groups is 1. The highest BCUT2D eigenvalue weighted by Gasteiger charge is 2.23. The Bertz CT molecular complexity index is 1530. The van der Waals surface area contributed by atoms with Crippen molar-refractivity contribution in [2.45, 2.75) is 32.4 Å². The standard InChI is InChI=1S/C26H27ClN8O2S/c1-17(28)30-18-9-12-33(13-10-18)22-14-20(34-11-3-2-4-25(34)36)5-6-21(22)35-16-19(31-32-35)15-29-26(37)23-7-8-24(27)38-23/h2-8,11,14,16,18H,9-10,12-13,15H2,1H3,(H2,28,30)(H,29,37).